The molecular formula is C32H24N2. The Labute approximate surface area is 199 Å². The molecule has 4 aromatic carbocycles. The Morgan fingerprint density at radius 2 is 1.50 bits per heavy atom. The van der Waals surface area contributed by atoms with Crippen LogP contribution >= 0.6 is 0 Å². The predicted octanol–water partition coefficient (Wildman–Crippen LogP) is 8.45. The summed E-state index contributed by atoms with van der Waals surface area (Å²) in [4.78, 5) is 4.67. The summed E-state index contributed by atoms with van der Waals surface area (Å²) >= 11 is 0. The van der Waals surface area contributed by atoms with Crippen molar-refractivity contribution in [1.29, 1.82) is 0 Å². The summed E-state index contributed by atoms with van der Waals surface area (Å²) in [7, 11) is 0. The lowest BCUT2D eigenvalue weighted by molar-refractivity contribution is 1.08. The molecule has 0 N–H and O–H groups in total. The molecular weight excluding hydrogens is 412 g/mol. The molecule has 0 amide bonds. The lowest BCUT2D eigenvalue weighted by Crippen LogP contribution is -1.96. The first-order chi connectivity index (χ1) is 16.7. The Kier molecular flexibility index (Phi) is 4.85. The fourth-order valence-electron chi connectivity index (χ4n) is 4.85. The lowest BCUT2D eigenvalue weighted by Gasteiger charge is -2.08. The van der Waals surface area contributed by atoms with E-state index in [1.54, 1.807) is 0 Å². The first-order valence-electron chi connectivity index (χ1n) is 11.5. The number of fused-ring (bicyclic) bond motifs is 5. The molecule has 0 unspecified atom stereocenters. The standard InChI is InChI=1S/C32H24N2/c1-22(24-10-4-3-5-11-24)20-23(2)26-16-17-29-28(21-26)32-27-13-7-6-12-25(27)15-18-30(32)34(29)31-14-8-9-19-33-31/h3-21H,1H2,2H3/b23-20+. The second-order valence-corrected chi connectivity index (χ2v) is 8.65. The third-order valence-electron chi connectivity index (χ3n) is 6.52. The van der Waals surface area contributed by atoms with Crippen molar-refractivity contribution in [2.45, 2.75) is 6.92 Å². The number of allylic oxidation sites excluding steroid dienone is 3. The van der Waals surface area contributed by atoms with E-state index in [-0.39, 0.29) is 0 Å². The largest absolute Gasteiger partial charge is 0.294 e. The van der Waals surface area contributed by atoms with Crippen LogP contribution in [0, 0.1) is 0 Å². The molecule has 0 saturated heterocycles. The monoisotopic (exact) mass is 436 g/mol. The van der Waals surface area contributed by atoms with Crippen LogP contribution in [0.4, 0.5) is 0 Å². The quantitative estimate of drug-likeness (QED) is 0.253. The molecule has 2 aromatic heterocycles. The molecule has 0 aliphatic carbocycles. The van der Waals surface area contributed by atoms with Gasteiger partial charge in [0.05, 0.1) is 11.0 Å². The Morgan fingerprint density at radius 3 is 2.32 bits per heavy atom. The van der Waals surface area contributed by atoms with Crippen molar-refractivity contribution in [1.82, 2.24) is 9.55 Å². The molecule has 2 nitrogen and oxygen atoms in total. The van der Waals surface area contributed by atoms with E-state index >= 15 is 0 Å². The van der Waals surface area contributed by atoms with Crippen LogP contribution < -0.4 is 0 Å². The number of benzene rings is 4. The van der Waals surface area contributed by atoms with Gasteiger partial charge in [0.25, 0.3) is 0 Å². The molecule has 162 valence electrons. The van der Waals surface area contributed by atoms with Gasteiger partial charge in [0.1, 0.15) is 5.82 Å². The zero-order valence-corrected chi connectivity index (χ0v) is 19.1. The molecule has 2 heteroatoms. The smallest absolute Gasteiger partial charge is 0.137 e. The van der Waals surface area contributed by atoms with Gasteiger partial charge in [-0.3, -0.25) is 4.57 Å². The van der Waals surface area contributed by atoms with Crippen molar-refractivity contribution < 1.29 is 0 Å². The van der Waals surface area contributed by atoms with Crippen molar-refractivity contribution in [3.05, 3.63) is 133 Å². The van der Waals surface area contributed by atoms with Gasteiger partial charge in [0.2, 0.25) is 0 Å². The normalized spacial score (nSPS) is 12.0. The van der Waals surface area contributed by atoms with Gasteiger partial charge >= 0.3 is 0 Å². The average molecular weight is 437 g/mol. The first-order valence-corrected chi connectivity index (χ1v) is 11.5. The number of rotatable bonds is 4. The highest BCUT2D eigenvalue weighted by atomic mass is 15.1. The third-order valence-corrected chi connectivity index (χ3v) is 6.52. The highest BCUT2D eigenvalue weighted by molar-refractivity contribution is 6.21. The van der Waals surface area contributed by atoms with Crippen molar-refractivity contribution in [3.8, 4) is 5.82 Å². The summed E-state index contributed by atoms with van der Waals surface area (Å²) < 4.78 is 2.27. The highest BCUT2D eigenvalue weighted by Crippen LogP contribution is 2.37. The topological polar surface area (TPSA) is 17.8 Å². The first kappa shape index (κ1) is 20.2. The summed E-state index contributed by atoms with van der Waals surface area (Å²) in [6.45, 7) is 6.46. The van der Waals surface area contributed by atoms with E-state index in [1.165, 1.54) is 38.2 Å². The van der Waals surface area contributed by atoms with Crippen LogP contribution in [0.25, 0.3) is 49.5 Å². The van der Waals surface area contributed by atoms with E-state index in [1.807, 2.05) is 36.5 Å². The van der Waals surface area contributed by atoms with Crippen LogP contribution in [0.15, 0.2) is 122 Å². The van der Waals surface area contributed by atoms with Gasteiger partial charge < -0.3 is 0 Å². The van der Waals surface area contributed by atoms with Gasteiger partial charge in [-0.1, -0.05) is 85.5 Å². The van der Waals surface area contributed by atoms with E-state index in [0.29, 0.717) is 0 Å². The number of hydrogen-bond acceptors (Lipinski definition) is 1. The minimum absolute atomic E-state index is 0.926. The zero-order chi connectivity index (χ0) is 23.1. The SMILES string of the molecule is C=C(/C=C(\C)c1ccc2c(c1)c1c3ccccc3ccc1n2-c1ccccn1)c1ccccc1. The Hall–Kier alpha value is -4.43. The molecule has 0 aliphatic rings. The predicted molar refractivity (Wildman–Crippen MR) is 145 cm³/mol. The Bertz CT molecular complexity index is 1700. The maximum absolute atomic E-state index is 4.67. The maximum Gasteiger partial charge on any atom is 0.137 e. The summed E-state index contributed by atoms with van der Waals surface area (Å²) in [5, 5.41) is 4.99. The molecule has 6 aromatic rings. The van der Waals surface area contributed by atoms with Crippen LogP contribution in [0.2, 0.25) is 0 Å². The second kappa shape index (κ2) is 8.17. The van der Waals surface area contributed by atoms with Gasteiger partial charge in [-0.2, -0.15) is 0 Å². The van der Waals surface area contributed by atoms with Crippen LogP contribution in [-0.4, -0.2) is 9.55 Å². The lowest BCUT2D eigenvalue weighted by atomic mass is 9.98. The van der Waals surface area contributed by atoms with Gasteiger partial charge in [0, 0.05) is 17.0 Å². The molecule has 0 bridgehead atoms. The summed E-state index contributed by atoms with van der Waals surface area (Å²) in [6.07, 6.45) is 4.02. The second-order valence-electron chi connectivity index (χ2n) is 8.65. The summed E-state index contributed by atoms with van der Waals surface area (Å²) in [5.74, 6) is 0.926. The number of aromatic nitrogens is 2. The highest BCUT2D eigenvalue weighted by Gasteiger charge is 2.16. The Balaban J connectivity index is 1.61. The van der Waals surface area contributed by atoms with Crippen molar-refractivity contribution in [2.24, 2.45) is 0 Å². The number of nitrogens with zero attached hydrogens (tertiary/aromatic N) is 2. The molecule has 0 fully saturated rings. The minimum atomic E-state index is 0.926. The maximum atomic E-state index is 4.67. The van der Waals surface area contributed by atoms with Gasteiger partial charge in [0.15, 0.2) is 0 Å². The van der Waals surface area contributed by atoms with Gasteiger partial charge in [-0.15, -0.1) is 0 Å². The Morgan fingerprint density at radius 1 is 0.735 bits per heavy atom. The molecule has 0 saturated carbocycles. The molecule has 2 heterocycles. The van der Waals surface area contributed by atoms with E-state index in [0.717, 1.165) is 22.5 Å². The van der Waals surface area contributed by atoms with E-state index in [9.17, 15) is 0 Å². The number of hydrogen-bond donors (Lipinski definition) is 0. The van der Waals surface area contributed by atoms with Crippen molar-refractivity contribution in [2.75, 3.05) is 0 Å². The fourth-order valence-corrected chi connectivity index (χ4v) is 4.85. The van der Waals surface area contributed by atoms with Crippen LogP contribution in [0.1, 0.15) is 18.1 Å². The molecule has 6 rings (SSSR count). The van der Waals surface area contributed by atoms with Gasteiger partial charge in [-0.05, 0) is 70.3 Å². The van der Waals surface area contributed by atoms with E-state index in [2.05, 4.69) is 102 Å². The number of pyridine rings is 1. The van der Waals surface area contributed by atoms with Gasteiger partial charge in [-0.25, -0.2) is 4.98 Å². The van der Waals surface area contributed by atoms with Crippen LogP contribution in [0.5, 0.6) is 0 Å². The molecule has 0 spiro atoms. The summed E-state index contributed by atoms with van der Waals surface area (Å²) in [6, 6.07) is 36.1. The minimum Gasteiger partial charge on any atom is -0.294 e. The van der Waals surface area contributed by atoms with Crippen molar-refractivity contribution >= 4 is 43.7 Å². The molecule has 0 atom stereocenters. The zero-order valence-electron chi connectivity index (χ0n) is 19.1. The molecule has 0 radical (unpaired) electrons. The molecule has 0 aliphatic heterocycles. The van der Waals surface area contributed by atoms with E-state index in [4.69, 9.17) is 0 Å². The third kappa shape index (κ3) is 3.32. The van der Waals surface area contributed by atoms with Crippen LogP contribution in [-0.2, 0) is 0 Å². The van der Waals surface area contributed by atoms with Crippen LogP contribution in [0.3, 0.4) is 0 Å². The summed E-state index contributed by atoms with van der Waals surface area (Å²) in [5.41, 5.74) is 6.86. The molecule has 34 heavy (non-hydrogen) atoms. The average Bonchev–Trinajstić information content (AvgIpc) is 3.23. The van der Waals surface area contributed by atoms with Crippen molar-refractivity contribution in [3.63, 3.8) is 0 Å². The fraction of sp³-hybridized carbons (Fsp3) is 0.0312. The van der Waals surface area contributed by atoms with E-state index < -0.39 is 0 Å².